The summed E-state index contributed by atoms with van der Waals surface area (Å²) in [6.45, 7) is 2.24. The first kappa shape index (κ1) is 25.5. The normalized spacial score (nSPS) is 20.9. The van der Waals surface area contributed by atoms with Gasteiger partial charge in [0, 0.05) is 49.9 Å². The fourth-order valence-corrected chi connectivity index (χ4v) is 5.06. The minimum atomic E-state index is -2.51. The van der Waals surface area contributed by atoms with Crippen molar-refractivity contribution in [1.82, 2.24) is 25.0 Å². The van der Waals surface area contributed by atoms with Crippen LogP contribution >= 0.6 is 0 Å². The van der Waals surface area contributed by atoms with Gasteiger partial charge in [0.15, 0.2) is 6.61 Å². The third-order valence-electron chi connectivity index (χ3n) is 7.11. The number of halogens is 3. The predicted octanol–water partition coefficient (Wildman–Crippen LogP) is 3.31. The van der Waals surface area contributed by atoms with E-state index in [4.69, 9.17) is 4.74 Å². The number of carbonyl (C=O) groups is 1. The third-order valence-corrected chi connectivity index (χ3v) is 7.11. The molecular formula is C25H34F3N5O2. The van der Waals surface area contributed by atoms with Gasteiger partial charge >= 0.3 is 0 Å². The van der Waals surface area contributed by atoms with Gasteiger partial charge in [-0.1, -0.05) is 6.07 Å². The van der Waals surface area contributed by atoms with Crippen molar-refractivity contribution in [1.29, 1.82) is 0 Å². The van der Waals surface area contributed by atoms with E-state index in [1.165, 1.54) is 18.8 Å². The molecule has 2 aromatic rings. The molecule has 1 amide bonds. The van der Waals surface area contributed by atoms with Crippen molar-refractivity contribution in [3.8, 4) is 5.88 Å². The molecule has 2 aliphatic rings. The number of nitrogens with zero attached hydrogens (tertiary/aromatic N) is 4. The van der Waals surface area contributed by atoms with Gasteiger partial charge in [0.05, 0.1) is 12.6 Å². The highest BCUT2D eigenvalue weighted by Crippen LogP contribution is 2.28. The summed E-state index contributed by atoms with van der Waals surface area (Å²) in [4.78, 5) is 19.2. The number of rotatable bonds is 9. The number of carbonyl (C=O) groups excluding carboxylic acids is 1. The average Bonchev–Trinajstić information content (AvgIpc) is 3.04. The Kier molecular flexibility index (Phi) is 8.64. The molecule has 7 nitrogen and oxygen atoms in total. The van der Waals surface area contributed by atoms with Gasteiger partial charge in [-0.25, -0.2) is 18.4 Å². The standard InChI is InChI=1S/C25H34F3N5O2/c1-32-25(28)19(15-29-32)14-23(34)30-20-5-2-17(3-6-20)8-11-33-12-9-18-4-7-24(35-16-22(26)27)31-21(18)10-13-33/h4,7,15,17,20,22H,2-3,5-6,8-14,16H2,1H3,(H,30,34)/t17-,20-. The van der Waals surface area contributed by atoms with Crippen LogP contribution in [-0.4, -0.2) is 64.3 Å². The van der Waals surface area contributed by atoms with Crippen LogP contribution in [0, 0.1) is 11.9 Å². The molecule has 0 unspecified atom stereocenters. The zero-order valence-electron chi connectivity index (χ0n) is 20.2. The van der Waals surface area contributed by atoms with Crippen molar-refractivity contribution < 1.29 is 22.7 Å². The van der Waals surface area contributed by atoms with Gasteiger partial charge in [0.2, 0.25) is 17.7 Å². The molecule has 4 rings (SSSR count). The van der Waals surface area contributed by atoms with Crippen LogP contribution in [0.2, 0.25) is 0 Å². The van der Waals surface area contributed by atoms with Crippen LogP contribution in [0.5, 0.6) is 5.88 Å². The Morgan fingerprint density at radius 1 is 1.20 bits per heavy atom. The Bertz CT molecular complexity index is 991. The van der Waals surface area contributed by atoms with Gasteiger partial charge in [0.25, 0.3) is 6.43 Å². The van der Waals surface area contributed by atoms with E-state index in [1.807, 2.05) is 6.07 Å². The number of aromatic nitrogens is 3. The van der Waals surface area contributed by atoms with E-state index in [9.17, 15) is 18.0 Å². The fraction of sp³-hybridized carbons (Fsp3) is 0.640. The van der Waals surface area contributed by atoms with Crippen LogP contribution in [0.15, 0.2) is 18.3 Å². The minimum absolute atomic E-state index is 0.0195. The van der Waals surface area contributed by atoms with Crippen molar-refractivity contribution in [2.24, 2.45) is 13.0 Å². The van der Waals surface area contributed by atoms with Gasteiger partial charge < -0.3 is 15.0 Å². The van der Waals surface area contributed by atoms with Crippen LogP contribution in [0.4, 0.5) is 13.2 Å². The van der Waals surface area contributed by atoms with Crippen molar-refractivity contribution in [3.63, 3.8) is 0 Å². The summed E-state index contributed by atoms with van der Waals surface area (Å²) < 4.78 is 44.8. The van der Waals surface area contributed by atoms with E-state index in [1.54, 1.807) is 6.07 Å². The molecule has 1 saturated carbocycles. The van der Waals surface area contributed by atoms with Gasteiger partial charge in [0.1, 0.15) is 0 Å². The molecule has 1 aliphatic carbocycles. The van der Waals surface area contributed by atoms with E-state index >= 15 is 0 Å². The number of nitrogens with one attached hydrogen (secondary N) is 1. The van der Waals surface area contributed by atoms with Crippen LogP contribution in [0.25, 0.3) is 0 Å². The molecule has 1 aliphatic heterocycles. The molecule has 1 fully saturated rings. The number of alkyl halides is 2. The zero-order valence-corrected chi connectivity index (χ0v) is 20.2. The maximum atomic E-state index is 13.9. The summed E-state index contributed by atoms with van der Waals surface area (Å²) in [5, 5.41) is 6.90. The summed E-state index contributed by atoms with van der Waals surface area (Å²) >= 11 is 0. The average molecular weight is 494 g/mol. The fourth-order valence-electron chi connectivity index (χ4n) is 5.06. The Morgan fingerprint density at radius 3 is 2.69 bits per heavy atom. The van der Waals surface area contributed by atoms with Gasteiger partial charge in [-0.05, 0) is 56.6 Å². The molecule has 0 spiro atoms. The highest BCUT2D eigenvalue weighted by Gasteiger charge is 2.24. The van der Waals surface area contributed by atoms with E-state index in [0.29, 0.717) is 11.5 Å². The topological polar surface area (TPSA) is 72.3 Å². The summed E-state index contributed by atoms with van der Waals surface area (Å²) in [5.74, 6) is 0.293. The van der Waals surface area contributed by atoms with E-state index < -0.39 is 19.0 Å². The second kappa shape index (κ2) is 11.9. The molecule has 0 atom stereocenters. The van der Waals surface area contributed by atoms with E-state index in [-0.39, 0.29) is 24.2 Å². The third kappa shape index (κ3) is 7.19. The van der Waals surface area contributed by atoms with Crippen LogP contribution in [-0.2, 0) is 31.1 Å². The number of aryl methyl sites for hydroxylation is 1. The summed E-state index contributed by atoms with van der Waals surface area (Å²) in [6.07, 6.45) is 5.77. The second-order valence-electron chi connectivity index (χ2n) is 9.63. The van der Waals surface area contributed by atoms with Crippen molar-refractivity contribution >= 4 is 5.91 Å². The molecule has 2 aromatic heterocycles. The van der Waals surface area contributed by atoms with Crippen molar-refractivity contribution in [2.45, 2.75) is 63.8 Å². The Hall–Kier alpha value is -2.62. The van der Waals surface area contributed by atoms with E-state index in [0.717, 1.165) is 75.0 Å². The number of hydrogen-bond donors (Lipinski definition) is 1. The predicted molar refractivity (Wildman–Crippen MR) is 125 cm³/mol. The molecule has 0 aromatic carbocycles. The summed E-state index contributed by atoms with van der Waals surface area (Å²) in [6, 6.07) is 3.78. The molecular weight excluding hydrogens is 459 g/mol. The molecule has 0 radical (unpaired) electrons. The monoisotopic (exact) mass is 493 g/mol. The molecule has 0 saturated heterocycles. The lowest BCUT2D eigenvalue weighted by atomic mass is 9.84. The van der Waals surface area contributed by atoms with E-state index in [2.05, 4.69) is 20.3 Å². The largest absolute Gasteiger partial charge is 0.472 e. The minimum Gasteiger partial charge on any atom is -0.472 e. The SMILES string of the molecule is Cn1ncc(CC(=O)N[C@H]2CC[C@H](CCN3CCc4ccc(OCC(F)F)nc4CC3)CC2)c1F. The quantitative estimate of drug-likeness (QED) is 0.581. The van der Waals surface area contributed by atoms with Crippen molar-refractivity contribution in [2.75, 3.05) is 26.2 Å². The Balaban J connectivity index is 1.16. The molecule has 1 N–H and O–H groups in total. The van der Waals surface area contributed by atoms with Crippen molar-refractivity contribution in [3.05, 3.63) is 41.1 Å². The smallest absolute Gasteiger partial charge is 0.272 e. The first-order valence-electron chi connectivity index (χ1n) is 12.4. The lowest BCUT2D eigenvalue weighted by molar-refractivity contribution is -0.121. The summed E-state index contributed by atoms with van der Waals surface area (Å²) in [7, 11) is 1.52. The molecule has 192 valence electrons. The van der Waals surface area contributed by atoms with Crippen LogP contribution < -0.4 is 10.1 Å². The maximum absolute atomic E-state index is 13.9. The first-order valence-corrected chi connectivity index (χ1v) is 12.4. The lowest BCUT2D eigenvalue weighted by Crippen LogP contribution is -2.39. The molecule has 3 heterocycles. The zero-order chi connectivity index (χ0) is 24.8. The number of fused-ring (bicyclic) bond motifs is 1. The number of ether oxygens (including phenoxy) is 1. The number of hydrogen-bond acceptors (Lipinski definition) is 5. The second-order valence-corrected chi connectivity index (χ2v) is 9.63. The maximum Gasteiger partial charge on any atom is 0.272 e. The van der Waals surface area contributed by atoms with Crippen LogP contribution in [0.1, 0.15) is 48.9 Å². The highest BCUT2D eigenvalue weighted by atomic mass is 19.3. The Morgan fingerprint density at radius 2 is 1.97 bits per heavy atom. The molecule has 35 heavy (non-hydrogen) atoms. The lowest BCUT2D eigenvalue weighted by Gasteiger charge is -2.30. The first-order chi connectivity index (χ1) is 16.9. The summed E-state index contributed by atoms with van der Waals surface area (Å²) in [5.41, 5.74) is 2.44. The Labute approximate surface area is 204 Å². The number of pyridine rings is 1. The molecule has 10 heteroatoms. The number of amides is 1. The van der Waals surface area contributed by atoms with Crippen LogP contribution in [0.3, 0.4) is 0 Å². The molecule has 0 bridgehead atoms. The van der Waals surface area contributed by atoms with Gasteiger partial charge in [-0.3, -0.25) is 4.79 Å². The van der Waals surface area contributed by atoms with Gasteiger partial charge in [-0.15, -0.1) is 0 Å². The van der Waals surface area contributed by atoms with Gasteiger partial charge in [-0.2, -0.15) is 9.49 Å². The highest BCUT2D eigenvalue weighted by molar-refractivity contribution is 5.78.